The lowest BCUT2D eigenvalue weighted by molar-refractivity contribution is -0.118. The number of carbonyl (C=O) groups is 2. The van der Waals surface area contributed by atoms with E-state index >= 15 is 0 Å². The third-order valence-electron chi connectivity index (χ3n) is 5.30. The third-order valence-corrected chi connectivity index (χ3v) is 6.43. The predicted octanol–water partition coefficient (Wildman–Crippen LogP) is 5.56. The molecule has 5 rings (SSSR count). The number of hydrogen-bond donors (Lipinski definition) is 0. The molecule has 0 N–H and O–H groups in total. The number of hydrogen-bond acceptors (Lipinski definition) is 5. The largest absolute Gasteiger partial charge is 0.461 e. The Labute approximate surface area is 195 Å². The molecule has 164 valence electrons. The SMILES string of the molecule is CCOC(=O)c1cc(-c2ccccc2)n(CC(=O)N2c3ccccc3Sc3ccccc32)n1. The van der Waals surface area contributed by atoms with Crippen LogP contribution in [-0.2, 0) is 16.1 Å². The van der Waals surface area contributed by atoms with Crippen molar-refractivity contribution < 1.29 is 14.3 Å². The number of carbonyl (C=O) groups excluding carboxylic acids is 2. The Morgan fingerprint density at radius 3 is 2.12 bits per heavy atom. The van der Waals surface area contributed by atoms with Gasteiger partial charge in [0.15, 0.2) is 5.69 Å². The zero-order chi connectivity index (χ0) is 22.8. The summed E-state index contributed by atoms with van der Waals surface area (Å²) in [4.78, 5) is 29.8. The number of anilines is 2. The quantitative estimate of drug-likeness (QED) is 0.369. The summed E-state index contributed by atoms with van der Waals surface area (Å²) >= 11 is 1.65. The van der Waals surface area contributed by atoms with Crippen molar-refractivity contribution in [1.82, 2.24) is 9.78 Å². The van der Waals surface area contributed by atoms with E-state index in [1.54, 1.807) is 34.3 Å². The average Bonchev–Trinajstić information content (AvgIpc) is 3.27. The molecule has 0 unspecified atom stereocenters. The van der Waals surface area contributed by atoms with Crippen LogP contribution in [0.1, 0.15) is 17.4 Å². The predicted molar refractivity (Wildman–Crippen MR) is 128 cm³/mol. The molecule has 1 aliphatic heterocycles. The summed E-state index contributed by atoms with van der Waals surface area (Å²) in [6.45, 7) is 1.97. The maximum atomic E-state index is 13.7. The molecule has 0 atom stereocenters. The van der Waals surface area contributed by atoms with Gasteiger partial charge in [0.1, 0.15) is 6.54 Å². The highest BCUT2D eigenvalue weighted by Gasteiger charge is 2.29. The van der Waals surface area contributed by atoms with E-state index in [0.717, 1.165) is 26.7 Å². The number of amides is 1. The van der Waals surface area contributed by atoms with Gasteiger partial charge in [-0.25, -0.2) is 4.79 Å². The monoisotopic (exact) mass is 455 g/mol. The summed E-state index contributed by atoms with van der Waals surface area (Å²) in [7, 11) is 0. The van der Waals surface area contributed by atoms with E-state index in [0.29, 0.717) is 5.69 Å². The zero-order valence-electron chi connectivity index (χ0n) is 18.0. The fourth-order valence-corrected chi connectivity index (χ4v) is 4.91. The molecular weight excluding hydrogens is 434 g/mol. The Kier molecular flexibility index (Phi) is 5.71. The summed E-state index contributed by atoms with van der Waals surface area (Å²) in [5.74, 6) is -0.656. The second-order valence-corrected chi connectivity index (χ2v) is 8.51. The minimum atomic E-state index is -0.508. The van der Waals surface area contributed by atoms with E-state index in [1.165, 1.54) is 0 Å². The minimum Gasteiger partial charge on any atom is -0.461 e. The lowest BCUT2D eigenvalue weighted by atomic mass is 10.1. The van der Waals surface area contributed by atoms with Crippen LogP contribution in [0.5, 0.6) is 0 Å². The molecule has 1 aliphatic rings. The molecule has 0 aliphatic carbocycles. The Balaban J connectivity index is 1.55. The zero-order valence-corrected chi connectivity index (χ0v) is 18.8. The molecular formula is C26H21N3O3S. The van der Waals surface area contributed by atoms with Crippen molar-refractivity contribution in [2.75, 3.05) is 11.5 Å². The molecule has 0 spiro atoms. The van der Waals surface area contributed by atoms with Crippen molar-refractivity contribution in [3.05, 3.63) is 90.6 Å². The van der Waals surface area contributed by atoms with Gasteiger partial charge in [0, 0.05) is 9.79 Å². The van der Waals surface area contributed by atoms with Crippen molar-refractivity contribution in [3.63, 3.8) is 0 Å². The molecule has 4 aromatic rings. The number of aromatic nitrogens is 2. The Hall–Kier alpha value is -3.84. The normalized spacial score (nSPS) is 12.1. The second kappa shape index (κ2) is 8.96. The number of esters is 1. The number of ether oxygens (including phenoxy) is 1. The fraction of sp³-hybridized carbons (Fsp3) is 0.115. The number of para-hydroxylation sites is 2. The van der Waals surface area contributed by atoms with Crippen LogP contribution in [0.3, 0.4) is 0 Å². The molecule has 7 heteroatoms. The van der Waals surface area contributed by atoms with Crippen LogP contribution in [0, 0.1) is 0 Å². The highest BCUT2D eigenvalue weighted by molar-refractivity contribution is 7.99. The van der Waals surface area contributed by atoms with Crippen LogP contribution < -0.4 is 4.90 Å². The lowest BCUT2D eigenvalue weighted by Crippen LogP contribution is -2.32. The first-order valence-electron chi connectivity index (χ1n) is 10.6. The third kappa shape index (κ3) is 4.03. The van der Waals surface area contributed by atoms with Crippen molar-refractivity contribution in [2.45, 2.75) is 23.3 Å². The second-order valence-electron chi connectivity index (χ2n) is 7.43. The van der Waals surface area contributed by atoms with Crippen LogP contribution in [-0.4, -0.2) is 28.3 Å². The fourth-order valence-electron chi connectivity index (χ4n) is 3.86. The van der Waals surface area contributed by atoms with E-state index in [1.807, 2.05) is 78.9 Å². The summed E-state index contributed by atoms with van der Waals surface area (Å²) in [6, 6.07) is 27.0. The van der Waals surface area contributed by atoms with Gasteiger partial charge in [-0.3, -0.25) is 14.4 Å². The Morgan fingerprint density at radius 2 is 1.48 bits per heavy atom. The van der Waals surface area contributed by atoms with Crippen molar-refractivity contribution >= 4 is 35.0 Å². The molecule has 0 fully saturated rings. The first kappa shape index (κ1) is 21.0. The van der Waals surface area contributed by atoms with Crippen LogP contribution >= 0.6 is 11.8 Å². The summed E-state index contributed by atoms with van der Waals surface area (Å²) in [5, 5.41) is 4.44. The van der Waals surface area contributed by atoms with E-state index in [-0.39, 0.29) is 24.8 Å². The standard InChI is InChI=1S/C26H21N3O3S/c1-2-32-26(31)19-16-22(18-10-4-3-5-11-18)28(27-19)17-25(30)29-20-12-6-8-14-23(20)33-24-15-9-7-13-21(24)29/h3-16H,2,17H2,1H3. The minimum absolute atomic E-state index is 0.0308. The van der Waals surface area contributed by atoms with E-state index in [2.05, 4.69) is 5.10 Å². The number of nitrogens with zero attached hydrogens (tertiary/aromatic N) is 3. The Morgan fingerprint density at radius 1 is 0.879 bits per heavy atom. The van der Waals surface area contributed by atoms with Gasteiger partial charge >= 0.3 is 5.97 Å². The van der Waals surface area contributed by atoms with Crippen molar-refractivity contribution in [3.8, 4) is 11.3 Å². The molecule has 33 heavy (non-hydrogen) atoms. The average molecular weight is 456 g/mol. The molecule has 6 nitrogen and oxygen atoms in total. The van der Waals surface area contributed by atoms with Gasteiger partial charge in [-0.1, -0.05) is 66.4 Å². The van der Waals surface area contributed by atoms with E-state index in [9.17, 15) is 9.59 Å². The van der Waals surface area contributed by atoms with Crippen molar-refractivity contribution in [2.24, 2.45) is 0 Å². The van der Waals surface area contributed by atoms with Crippen molar-refractivity contribution in [1.29, 1.82) is 0 Å². The number of benzene rings is 3. The van der Waals surface area contributed by atoms with Gasteiger partial charge in [0.2, 0.25) is 0 Å². The summed E-state index contributed by atoms with van der Waals surface area (Å²) in [6.07, 6.45) is 0. The Bertz CT molecular complexity index is 1290. The molecule has 0 saturated heterocycles. The number of fused-ring (bicyclic) bond motifs is 2. The first-order valence-corrected chi connectivity index (χ1v) is 11.5. The molecule has 3 aromatic carbocycles. The van der Waals surface area contributed by atoms with Crippen LogP contribution in [0.2, 0.25) is 0 Å². The van der Waals surface area contributed by atoms with Gasteiger partial charge in [0.05, 0.1) is 23.7 Å². The number of rotatable bonds is 5. The molecule has 2 heterocycles. The van der Waals surface area contributed by atoms with Gasteiger partial charge in [-0.15, -0.1) is 0 Å². The van der Waals surface area contributed by atoms with Gasteiger partial charge in [-0.2, -0.15) is 5.10 Å². The van der Waals surface area contributed by atoms with E-state index < -0.39 is 5.97 Å². The maximum Gasteiger partial charge on any atom is 0.358 e. The first-order chi connectivity index (χ1) is 16.2. The highest BCUT2D eigenvalue weighted by Crippen LogP contribution is 2.48. The van der Waals surface area contributed by atoms with Crippen LogP contribution in [0.25, 0.3) is 11.3 Å². The van der Waals surface area contributed by atoms with Gasteiger partial charge in [-0.05, 0) is 42.8 Å². The topological polar surface area (TPSA) is 64.4 Å². The van der Waals surface area contributed by atoms with Crippen LogP contribution in [0.4, 0.5) is 11.4 Å². The summed E-state index contributed by atoms with van der Waals surface area (Å²) in [5.41, 5.74) is 3.40. The van der Waals surface area contributed by atoms with Gasteiger partial charge < -0.3 is 4.74 Å². The smallest absolute Gasteiger partial charge is 0.358 e. The lowest BCUT2D eigenvalue weighted by Gasteiger charge is -2.31. The molecule has 0 radical (unpaired) electrons. The maximum absolute atomic E-state index is 13.7. The molecule has 0 bridgehead atoms. The molecule has 1 amide bonds. The van der Waals surface area contributed by atoms with Crippen LogP contribution in [0.15, 0.2) is 94.7 Å². The summed E-state index contributed by atoms with van der Waals surface area (Å²) < 4.78 is 6.71. The molecule has 0 saturated carbocycles. The van der Waals surface area contributed by atoms with Gasteiger partial charge in [0.25, 0.3) is 5.91 Å². The van der Waals surface area contributed by atoms with E-state index in [4.69, 9.17) is 4.74 Å². The highest BCUT2D eigenvalue weighted by atomic mass is 32.2. The molecule has 1 aromatic heterocycles.